The number of sulfone groups is 1. The van der Waals surface area contributed by atoms with Crippen LogP contribution < -0.4 is 5.32 Å². The van der Waals surface area contributed by atoms with Crippen molar-refractivity contribution in [2.45, 2.75) is 19.0 Å². The Labute approximate surface area is 121 Å². The molecule has 0 aliphatic carbocycles. The van der Waals surface area contributed by atoms with Crippen molar-refractivity contribution in [3.63, 3.8) is 0 Å². The van der Waals surface area contributed by atoms with Gasteiger partial charge in [0.2, 0.25) is 0 Å². The summed E-state index contributed by atoms with van der Waals surface area (Å²) in [6.07, 6.45) is 3.15. The van der Waals surface area contributed by atoms with Gasteiger partial charge in [-0.25, -0.2) is 13.2 Å². The third-order valence-corrected chi connectivity index (χ3v) is 5.01. The number of carboxylic acid groups (broad SMARTS) is 1. The van der Waals surface area contributed by atoms with E-state index in [1.165, 1.54) is 29.0 Å². The van der Waals surface area contributed by atoms with Crippen molar-refractivity contribution in [2.24, 2.45) is 0 Å². The summed E-state index contributed by atoms with van der Waals surface area (Å²) in [6.45, 7) is -0.299. The van der Waals surface area contributed by atoms with Crippen molar-refractivity contribution in [3.8, 4) is 0 Å². The Morgan fingerprint density at radius 1 is 1.57 bits per heavy atom. The lowest BCUT2D eigenvalue weighted by Gasteiger charge is -2.23. The second-order valence-electron chi connectivity index (χ2n) is 4.92. The van der Waals surface area contributed by atoms with Crippen LogP contribution in [0.25, 0.3) is 0 Å². The summed E-state index contributed by atoms with van der Waals surface area (Å²) in [4.78, 5) is 23.9. The molecule has 21 heavy (non-hydrogen) atoms. The zero-order chi connectivity index (χ0) is 15.6. The average molecular weight is 316 g/mol. The topological polar surface area (TPSA) is 122 Å². The molecule has 1 aliphatic rings. The molecule has 116 valence electrons. The fraction of sp³-hybridized carbons (Fsp3) is 0.545. The van der Waals surface area contributed by atoms with Crippen LogP contribution in [0.5, 0.6) is 0 Å². The van der Waals surface area contributed by atoms with Gasteiger partial charge in [0.1, 0.15) is 6.54 Å². The van der Waals surface area contributed by atoms with Gasteiger partial charge in [-0.1, -0.05) is 0 Å². The Morgan fingerprint density at radius 3 is 2.86 bits per heavy atom. The van der Waals surface area contributed by atoms with E-state index in [0.29, 0.717) is 12.1 Å². The summed E-state index contributed by atoms with van der Waals surface area (Å²) in [5, 5.41) is 15.0. The monoisotopic (exact) mass is 316 g/mol. The van der Waals surface area contributed by atoms with E-state index in [1.54, 1.807) is 0 Å². The number of aromatic nitrogens is 2. The SMILES string of the molecule is CN(C(=O)Nc1cnn(CC(=O)O)c1)C1CCS(=O)(=O)C1. The molecule has 0 bridgehead atoms. The molecule has 1 aromatic rings. The quantitative estimate of drug-likeness (QED) is 0.781. The highest BCUT2D eigenvalue weighted by Crippen LogP contribution is 2.17. The van der Waals surface area contributed by atoms with Crippen LogP contribution in [-0.4, -0.2) is 64.8 Å². The molecule has 1 atom stereocenters. The Balaban J connectivity index is 1.95. The van der Waals surface area contributed by atoms with E-state index in [2.05, 4.69) is 10.4 Å². The van der Waals surface area contributed by atoms with E-state index in [0.717, 1.165) is 0 Å². The molecule has 1 aromatic heterocycles. The van der Waals surface area contributed by atoms with E-state index in [1.807, 2.05) is 0 Å². The molecular formula is C11H16N4O5S. The maximum Gasteiger partial charge on any atom is 0.325 e. The van der Waals surface area contributed by atoms with Crippen molar-refractivity contribution in [3.05, 3.63) is 12.4 Å². The maximum atomic E-state index is 12.0. The van der Waals surface area contributed by atoms with E-state index in [4.69, 9.17) is 5.11 Å². The molecule has 2 heterocycles. The second-order valence-corrected chi connectivity index (χ2v) is 7.15. The summed E-state index contributed by atoms with van der Waals surface area (Å²) in [5.74, 6) is -0.981. The van der Waals surface area contributed by atoms with Gasteiger partial charge in [-0.15, -0.1) is 0 Å². The lowest BCUT2D eigenvalue weighted by atomic mass is 10.2. The standard InChI is InChI=1S/C11H16N4O5S/c1-14(9-2-3-21(19,20)7-9)11(18)13-8-4-12-15(5-8)6-10(16)17/h4-5,9H,2-3,6-7H2,1H3,(H,13,18)(H,16,17). The van der Waals surface area contributed by atoms with Crippen molar-refractivity contribution in [1.29, 1.82) is 0 Å². The van der Waals surface area contributed by atoms with Crippen LogP contribution in [-0.2, 0) is 21.2 Å². The number of carbonyl (C=O) groups is 2. The van der Waals surface area contributed by atoms with Crippen molar-refractivity contribution >= 4 is 27.5 Å². The number of hydrogen-bond donors (Lipinski definition) is 2. The summed E-state index contributed by atoms with van der Waals surface area (Å²) in [5.41, 5.74) is 0.356. The summed E-state index contributed by atoms with van der Waals surface area (Å²) in [6, 6.07) is -0.795. The number of nitrogens with zero attached hydrogens (tertiary/aromatic N) is 3. The minimum atomic E-state index is -3.06. The summed E-state index contributed by atoms with van der Waals surface area (Å²) >= 11 is 0. The highest BCUT2D eigenvalue weighted by molar-refractivity contribution is 7.91. The fourth-order valence-electron chi connectivity index (χ4n) is 2.11. The largest absolute Gasteiger partial charge is 0.480 e. The summed E-state index contributed by atoms with van der Waals surface area (Å²) in [7, 11) is -1.53. The number of aliphatic carboxylic acids is 1. The first-order valence-electron chi connectivity index (χ1n) is 6.25. The third kappa shape index (κ3) is 3.94. The highest BCUT2D eigenvalue weighted by atomic mass is 32.2. The van der Waals surface area contributed by atoms with Gasteiger partial charge in [-0.3, -0.25) is 9.48 Å². The average Bonchev–Trinajstić information content (AvgIpc) is 2.94. The van der Waals surface area contributed by atoms with Gasteiger partial charge in [0.25, 0.3) is 0 Å². The van der Waals surface area contributed by atoms with Crippen LogP contribution in [0, 0.1) is 0 Å². The van der Waals surface area contributed by atoms with E-state index >= 15 is 0 Å². The van der Waals surface area contributed by atoms with Crippen LogP contribution >= 0.6 is 0 Å². The van der Waals surface area contributed by atoms with E-state index in [-0.39, 0.29) is 24.1 Å². The van der Waals surface area contributed by atoms with E-state index < -0.39 is 21.8 Å². The molecule has 0 radical (unpaired) electrons. The molecule has 10 heteroatoms. The number of carboxylic acids is 1. The highest BCUT2D eigenvalue weighted by Gasteiger charge is 2.32. The van der Waals surface area contributed by atoms with Gasteiger partial charge in [0.05, 0.1) is 23.4 Å². The molecular weight excluding hydrogens is 300 g/mol. The fourth-order valence-corrected chi connectivity index (χ4v) is 3.89. The normalized spacial score (nSPS) is 20.1. The van der Waals surface area contributed by atoms with Gasteiger partial charge >= 0.3 is 12.0 Å². The van der Waals surface area contributed by atoms with Crippen LogP contribution in [0.2, 0.25) is 0 Å². The first kappa shape index (κ1) is 15.3. The number of rotatable bonds is 4. The molecule has 1 unspecified atom stereocenters. The van der Waals surface area contributed by atoms with Crippen LogP contribution in [0.4, 0.5) is 10.5 Å². The molecule has 0 aromatic carbocycles. The summed E-state index contributed by atoms with van der Waals surface area (Å²) < 4.78 is 24.0. The Bertz CT molecular complexity index is 653. The molecule has 2 amide bonds. The van der Waals surface area contributed by atoms with Gasteiger partial charge in [-0.2, -0.15) is 5.10 Å². The number of carbonyl (C=O) groups excluding carboxylic acids is 1. The Hall–Kier alpha value is -2.10. The first-order chi connectivity index (χ1) is 9.77. The Kier molecular flexibility index (Phi) is 4.16. The molecule has 0 spiro atoms. The second kappa shape index (κ2) is 5.72. The number of amides is 2. The van der Waals surface area contributed by atoms with Crippen molar-refractivity contribution < 1.29 is 23.1 Å². The molecule has 9 nitrogen and oxygen atoms in total. The first-order valence-corrected chi connectivity index (χ1v) is 8.07. The molecule has 1 fully saturated rings. The minimum Gasteiger partial charge on any atom is -0.480 e. The maximum absolute atomic E-state index is 12.0. The lowest BCUT2D eigenvalue weighted by Crippen LogP contribution is -2.40. The predicted molar refractivity (Wildman–Crippen MR) is 73.7 cm³/mol. The van der Waals surface area contributed by atoms with Crippen molar-refractivity contribution in [2.75, 3.05) is 23.9 Å². The number of nitrogens with one attached hydrogen (secondary N) is 1. The van der Waals surface area contributed by atoms with Crippen LogP contribution in [0.1, 0.15) is 6.42 Å². The minimum absolute atomic E-state index is 0.0325. The molecule has 1 aliphatic heterocycles. The third-order valence-electron chi connectivity index (χ3n) is 3.26. The van der Waals surface area contributed by atoms with Gasteiger partial charge in [0.15, 0.2) is 9.84 Å². The van der Waals surface area contributed by atoms with Crippen LogP contribution in [0.15, 0.2) is 12.4 Å². The number of anilines is 1. The van der Waals surface area contributed by atoms with E-state index in [9.17, 15) is 18.0 Å². The van der Waals surface area contributed by atoms with Gasteiger partial charge < -0.3 is 15.3 Å². The Morgan fingerprint density at radius 2 is 2.29 bits per heavy atom. The molecule has 0 saturated carbocycles. The number of hydrogen-bond acceptors (Lipinski definition) is 5. The molecule has 2 N–H and O–H groups in total. The van der Waals surface area contributed by atoms with Crippen LogP contribution in [0.3, 0.4) is 0 Å². The lowest BCUT2D eigenvalue weighted by molar-refractivity contribution is -0.137. The zero-order valence-corrected chi connectivity index (χ0v) is 12.2. The van der Waals surface area contributed by atoms with Gasteiger partial charge in [-0.05, 0) is 6.42 Å². The van der Waals surface area contributed by atoms with Gasteiger partial charge in [0, 0.05) is 19.3 Å². The van der Waals surface area contributed by atoms with Crippen molar-refractivity contribution in [1.82, 2.24) is 14.7 Å². The smallest absolute Gasteiger partial charge is 0.325 e. The molecule has 2 rings (SSSR count). The zero-order valence-electron chi connectivity index (χ0n) is 11.4. The molecule has 1 saturated heterocycles. The number of urea groups is 1. The predicted octanol–water partition coefficient (Wildman–Crippen LogP) is -0.381.